The molecule has 0 rings (SSSR count). The van der Waals surface area contributed by atoms with Crippen molar-refractivity contribution < 1.29 is 57.4 Å². The maximum Gasteiger partial charge on any atom is 2.00 e. The van der Waals surface area contributed by atoms with Crippen LogP contribution in [0.2, 0.25) is 0 Å². The van der Waals surface area contributed by atoms with E-state index in [0.29, 0.717) is 0 Å². The fraction of sp³-hybridized carbons (Fsp3) is 1.00. The van der Waals surface area contributed by atoms with Crippen molar-refractivity contribution in [1.29, 1.82) is 0 Å². The Bertz CT molecular complexity index is 173. The van der Waals surface area contributed by atoms with Crippen molar-refractivity contribution in [2.24, 2.45) is 0 Å². The first-order valence-corrected chi connectivity index (χ1v) is 6.57. The van der Waals surface area contributed by atoms with Gasteiger partial charge in [0.15, 0.2) is 0 Å². The van der Waals surface area contributed by atoms with Crippen LogP contribution in [0.1, 0.15) is 7.43 Å². The third-order valence-corrected chi connectivity index (χ3v) is 0. The van der Waals surface area contributed by atoms with Crippen LogP contribution in [0.5, 0.6) is 0 Å². The van der Waals surface area contributed by atoms with Crippen molar-refractivity contribution in [2.75, 3.05) is 0 Å². The first kappa shape index (κ1) is 56.4. The number of hydrogen-bond donors (Lipinski definition) is 0. The van der Waals surface area contributed by atoms with Gasteiger partial charge in [-0.1, -0.05) is 25.7 Å². The average Bonchev–Trinajstić information content (AvgIpc) is 1.76. The van der Waals surface area contributed by atoms with Crippen LogP contribution in [0.4, 0.5) is 0 Å². The first-order chi connectivity index (χ1) is 6.93. The Morgan fingerprint density at radius 2 is 0.381 bits per heavy atom. The van der Waals surface area contributed by atoms with Gasteiger partial charge >= 0.3 is 92.2 Å². The molecule has 0 aromatic rings. The van der Waals surface area contributed by atoms with E-state index in [2.05, 4.69) is 0 Å². The smallest absolute Gasteiger partial charge is 0.598 e. The van der Waals surface area contributed by atoms with E-state index in [0.717, 1.165) is 0 Å². The van der Waals surface area contributed by atoms with E-state index in [9.17, 15) is 0 Å². The maximum absolute atomic E-state index is 8.48. The summed E-state index contributed by atoms with van der Waals surface area (Å²) in [4.78, 5) is 67.9. The minimum Gasteiger partial charge on any atom is -0.598 e. The molecule has 0 N–H and O–H groups in total. The Balaban J connectivity index is -0.0000000121. The molecule has 0 amide bonds. The van der Waals surface area contributed by atoms with E-state index in [4.69, 9.17) is 57.4 Å². The summed E-state index contributed by atoms with van der Waals surface area (Å²) in [7, 11) is -13.5. The normalized spacial score (nSPS) is 4.95. The van der Waals surface area contributed by atoms with Gasteiger partial charge in [0.2, 0.25) is 0 Å². The summed E-state index contributed by atoms with van der Waals surface area (Å²) in [6.07, 6.45) is 0. The van der Waals surface area contributed by atoms with Crippen LogP contribution >= 0.6 is 33.0 Å². The number of rotatable bonds is 0. The van der Waals surface area contributed by atoms with E-state index in [1.807, 2.05) is 0 Å². The van der Waals surface area contributed by atoms with Crippen molar-refractivity contribution in [2.45, 2.75) is 7.43 Å². The van der Waals surface area contributed by atoms with E-state index in [1.165, 1.54) is 0 Å². The number of hydrogen-bond acceptors (Lipinski definition) is 12. The largest absolute Gasteiger partial charge is 2.00 e. The van der Waals surface area contributed by atoms with Crippen LogP contribution in [-0.4, -0.2) is 92.2 Å². The van der Waals surface area contributed by atoms with Crippen molar-refractivity contribution in [3.8, 4) is 0 Å². The molecule has 0 heterocycles. The molecule has 0 saturated heterocycles. The molecule has 0 radical (unpaired) electrons. The molecule has 12 nitrogen and oxygen atoms in total. The van der Waals surface area contributed by atoms with Gasteiger partial charge in [-0.2, -0.15) is 0 Å². The Morgan fingerprint density at radius 1 is 0.381 bits per heavy atom. The minimum atomic E-state index is -3.37. The molecule has 21 heavy (non-hydrogen) atoms. The van der Waals surface area contributed by atoms with Crippen LogP contribution in [0, 0.1) is 0 Å². The van der Waals surface area contributed by atoms with Crippen LogP contribution < -0.4 is 39.1 Å². The Kier molecular flexibility index (Phi) is 133. The predicted octanol–water partition coefficient (Wildman–Crippen LogP) is -7.43. The molecule has 0 aromatic carbocycles. The van der Waals surface area contributed by atoms with Crippen LogP contribution in [-0.2, 0) is 18.3 Å². The van der Waals surface area contributed by atoms with Crippen molar-refractivity contribution >= 4 is 125 Å². The second-order valence-electron chi connectivity index (χ2n) is 0.894. The zero-order valence-corrected chi connectivity index (χ0v) is 18.8. The Labute approximate surface area is 188 Å². The first-order valence-electron chi connectivity index (χ1n) is 2.19. The third-order valence-electron chi connectivity index (χ3n) is 0. The molecule has 0 fully saturated rings. The molecule has 0 saturated carbocycles. The predicted molar refractivity (Wildman–Crippen MR) is 60.2 cm³/mol. The third kappa shape index (κ3) is 1050. The second-order valence-corrected chi connectivity index (χ2v) is 2.68. The fourth-order valence-corrected chi connectivity index (χ4v) is 0. The van der Waals surface area contributed by atoms with Crippen LogP contribution in [0.3, 0.4) is 0 Å². The molecule has 0 aliphatic carbocycles. The topological polar surface area (TPSA) is 253 Å². The quantitative estimate of drug-likeness (QED) is 0.257. The van der Waals surface area contributed by atoms with Gasteiger partial charge in [-0.15, -0.1) is 0 Å². The minimum absolute atomic E-state index is 0. The van der Waals surface area contributed by atoms with E-state index < -0.39 is 33.0 Å². The van der Waals surface area contributed by atoms with Crippen LogP contribution in [0.15, 0.2) is 0 Å². The van der Waals surface area contributed by atoms with Crippen molar-refractivity contribution in [3.05, 3.63) is 0 Å². The second kappa shape index (κ2) is 49.5. The molecular formula is CH4Mg4O12P4+4. The van der Waals surface area contributed by atoms with Gasteiger partial charge in [0, 0.05) is 0 Å². The molecule has 104 valence electrons. The summed E-state index contributed by atoms with van der Waals surface area (Å²) in [6, 6.07) is 0. The zero-order valence-electron chi connectivity index (χ0n) is 9.52. The Morgan fingerprint density at radius 3 is 0.381 bits per heavy atom. The monoisotopic (exact) mass is 428 g/mol. The van der Waals surface area contributed by atoms with Crippen molar-refractivity contribution in [3.63, 3.8) is 0 Å². The van der Waals surface area contributed by atoms with Gasteiger partial charge < -0.3 is 39.1 Å². The Hall–Kier alpha value is 3.14. The summed E-state index contributed by atoms with van der Waals surface area (Å²) in [5.41, 5.74) is 0. The van der Waals surface area contributed by atoms with Gasteiger partial charge in [-0.05, 0) is 0 Å². The van der Waals surface area contributed by atoms with Gasteiger partial charge in [0.05, 0.1) is 0 Å². The molecule has 20 heteroatoms. The average molecular weight is 429 g/mol. The van der Waals surface area contributed by atoms with E-state index >= 15 is 0 Å². The molecule has 0 atom stereocenters. The molecular weight excluding hydrogens is 425 g/mol. The maximum atomic E-state index is 8.48. The van der Waals surface area contributed by atoms with Crippen molar-refractivity contribution in [1.82, 2.24) is 0 Å². The van der Waals surface area contributed by atoms with E-state index in [-0.39, 0.29) is 99.6 Å². The van der Waals surface area contributed by atoms with Gasteiger partial charge in [-0.25, -0.2) is 0 Å². The van der Waals surface area contributed by atoms with Gasteiger partial charge in [-0.3, -0.25) is 0 Å². The summed E-state index contributed by atoms with van der Waals surface area (Å²) < 4.78 is 33.9. The summed E-state index contributed by atoms with van der Waals surface area (Å²) in [5, 5.41) is 0. The molecule has 0 aromatic heterocycles. The standard InChI is InChI=1S/CH4.4Mg.4HO3P/c;;;;;4*1-4(2)3/h1H4;;;;;4*(H,1,2,3)/q;4*+2;;;;/p-4. The molecule has 0 unspecified atom stereocenters. The molecule has 0 aliphatic heterocycles. The molecule has 0 aliphatic rings. The molecule has 0 bridgehead atoms. The summed E-state index contributed by atoms with van der Waals surface area (Å²) in [6.45, 7) is 0. The van der Waals surface area contributed by atoms with Gasteiger partial charge in [0.1, 0.15) is 0 Å². The summed E-state index contributed by atoms with van der Waals surface area (Å²) in [5.74, 6) is 0. The summed E-state index contributed by atoms with van der Waals surface area (Å²) >= 11 is 0. The molecule has 0 spiro atoms. The van der Waals surface area contributed by atoms with Crippen LogP contribution in [0.25, 0.3) is 0 Å². The SMILES string of the molecule is C.O=[P+]([O-])[O-].O=[P+]([O-])[O-].O=[P+]([O-])[O-].O=[P+]([O-])[O-].[Mg+2].[Mg+2].[Mg+2].[Mg+2]. The zero-order chi connectivity index (χ0) is 14.3. The van der Waals surface area contributed by atoms with E-state index in [1.54, 1.807) is 0 Å². The van der Waals surface area contributed by atoms with Gasteiger partial charge in [0.25, 0.3) is 33.0 Å². The fourth-order valence-electron chi connectivity index (χ4n) is 0.